The second-order valence-corrected chi connectivity index (χ2v) is 6.41. The number of halogens is 4. The van der Waals surface area contributed by atoms with Crippen molar-refractivity contribution < 1.29 is 22.4 Å². The summed E-state index contributed by atoms with van der Waals surface area (Å²) in [7, 11) is 0. The van der Waals surface area contributed by atoms with Crippen LogP contribution in [0.25, 0.3) is 5.69 Å². The van der Waals surface area contributed by atoms with Crippen LogP contribution in [0.15, 0.2) is 37.1 Å². The molecule has 1 aromatic carbocycles. The summed E-state index contributed by atoms with van der Waals surface area (Å²) in [6, 6.07) is 4.13. The Labute approximate surface area is 156 Å². The zero-order valence-corrected chi connectivity index (χ0v) is 14.3. The van der Waals surface area contributed by atoms with Gasteiger partial charge in [-0.15, -0.1) is 0 Å². The SMILES string of the molecule is O=C(Nc1ccc(-n2cncn2)c(F)c1)C1CCn2c(cnc2C(F)(F)F)C1. The van der Waals surface area contributed by atoms with E-state index in [2.05, 4.69) is 20.4 Å². The molecule has 1 atom stereocenters. The van der Waals surface area contributed by atoms with E-state index in [1.54, 1.807) is 0 Å². The van der Waals surface area contributed by atoms with Crippen molar-refractivity contribution in [3.63, 3.8) is 0 Å². The average Bonchev–Trinajstić information content (AvgIpc) is 3.30. The summed E-state index contributed by atoms with van der Waals surface area (Å²) in [5.41, 5.74) is 0.782. The first-order valence-corrected chi connectivity index (χ1v) is 8.40. The van der Waals surface area contributed by atoms with Gasteiger partial charge >= 0.3 is 6.18 Å². The summed E-state index contributed by atoms with van der Waals surface area (Å²) in [4.78, 5) is 19.7. The Morgan fingerprint density at radius 3 is 2.79 bits per heavy atom. The van der Waals surface area contributed by atoms with E-state index in [1.165, 1.54) is 29.5 Å². The van der Waals surface area contributed by atoms with Crippen molar-refractivity contribution in [2.75, 3.05) is 5.32 Å². The van der Waals surface area contributed by atoms with E-state index in [9.17, 15) is 22.4 Å². The Bertz CT molecular complexity index is 1010. The van der Waals surface area contributed by atoms with Crippen molar-refractivity contribution in [1.29, 1.82) is 0 Å². The summed E-state index contributed by atoms with van der Waals surface area (Å²) in [5, 5.41) is 6.46. The van der Waals surface area contributed by atoms with E-state index in [-0.39, 0.29) is 36.7 Å². The number of amides is 1. The normalized spacial score (nSPS) is 16.6. The fraction of sp³-hybridized carbons (Fsp3) is 0.294. The number of carbonyl (C=O) groups excluding carboxylic acids is 1. The topological polar surface area (TPSA) is 77.6 Å². The molecule has 1 aliphatic rings. The zero-order valence-electron chi connectivity index (χ0n) is 14.3. The standard InChI is InChI=1S/C17H14F4N6O/c18-13-6-11(1-2-14(13)27-9-22-8-24-27)25-15(28)10-3-4-26-12(5-10)7-23-16(26)17(19,20)21/h1-2,6-10H,3-5H2,(H,25,28). The molecular formula is C17H14F4N6O. The van der Waals surface area contributed by atoms with Crippen LogP contribution in [0.2, 0.25) is 0 Å². The van der Waals surface area contributed by atoms with E-state index < -0.39 is 23.7 Å². The molecule has 11 heteroatoms. The highest BCUT2D eigenvalue weighted by atomic mass is 19.4. The number of nitrogens with zero attached hydrogens (tertiary/aromatic N) is 5. The average molecular weight is 394 g/mol. The Morgan fingerprint density at radius 2 is 2.11 bits per heavy atom. The molecule has 0 bridgehead atoms. The number of hydrogen-bond donors (Lipinski definition) is 1. The molecule has 3 heterocycles. The lowest BCUT2D eigenvalue weighted by Gasteiger charge is -2.24. The van der Waals surface area contributed by atoms with Gasteiger partial charge in [0.2, 0.25) is 11.7 Å². The van der Waals surface area contributed by atoms with Crippen molar-refractivity contribution >= 4 is 11.6 Å². The number of rotatable bonds is 3. The number of fused-ring (bicyclic) bond motifs is 1. The fourth-order valence-corrected chi connectivity index (χ4v) is 3.26. The monoisotopic (exact) mass is 394 g/mol. The third-order valence-electron chi connectivity index (χ3n) is 4.60. The Kier molecular flexibility index (Phi) is 4.36. The molecule has 28 heavy (non-hydrogen) atoms. The van der Waals surface area contributed by atoms with Crippen LogP contribution in [0.4, 0.5) is 23.2 Å². The fourth-order valence-electron chi connectivity index (χ4n) is 3.26. The third kappa shape index (κ3) is 3.35. The van der Waals surface area contributed by atoms with Gasteiger partial charge in [0.15, 0.2) is 5.82 Å². The van der Waals surface area contributed by atoms with Gasteiger partial charge in [0.25, 0.3) is 0 Å². The summed E-state index contributed by atoms with van der Waals surface area (Å²) in [5.74, 6) is -2.45. The number of imidazole rings is 1. The molecule has 1 aliphatic heterocycles. The molecule has 1 N–H and O–H groups in total. The van der Waals surface area contributed by atoms with E-state index in [0.29, 0.717) is 5.69 Å². The Morgan fingerprint density at radius 1 is 1.29 bits per heavy atom. The molecule has 0 fully saturated rings. The summed E-state index contributed by atoms with van der Waals surface area (Å²) < 4.78 is 55.4. The highest BCUT2D eigenvalue weighted by molar-refractivity contribution is 5.92. The van der Waals surface area contributed by atoms with Gasteiger partial charge in [-0.3, -0.25) is 4.79 Å². The predicted molar refractivity (Wildman–Crippen MR) is 89.0 cm³/mol. The lowest BCUT2D eigenvalue weighted by Crippen LogP contribution is -2.31. The van der Waals surface area contributed by atoms with Crippen LogP contribution < -0.4 is 5.32 Å². The van der Waals surface area contributed by atoms with Crippen molar-refractivity contribution in [3.8, 4) is 5.69 Å². The molecule has 0 radical (unpaired) electrons. The molecular weight excluding hydrogens is 380 g/mol. The van der Waals surface area contributed by atoms with Crippen LogP contribution in [0, 0.1) is 11.7 Å². The smallest absolute Gasteiger partial charge is 0.326 e. The molecule has 3 aromatic rings. The van der Waals surface area contributed by atoms with Gasteiger partial charge in [0.05, 0.1) is 0 Å². The molecule has 4 rings (SSSR count). The summed E-state index contributed by atoms with van der Waals surface area (Å²) in [6.07, 6.45) is -0.401. The van der Waals surface area contributed by atoms with Gasteiger partial charge in [-0.1, -0.05) is 0 Å². The number of hydrogen-bond acceptors (Lipinski definition) is 4. The molecule has 0 saturated carbocycles. The van der Waals surface area contributed by atoms with E-state index in [1.807, 2.05) is 0 Å². The lowest BCUT2D eigenvalue weighted by molar-refractivity contribution is -0.147. The van der Waals surface area contributed by atoms with Crippen LogP contribution >= 0.6 is 0 Å². The number of aromatic nitrogens is 5. The predicted octanol–water partition coefficient (Wildman–Crippen LogP) is 2.82. The van der Waals surface area contributed by atoms with Crippen molar-refractivity contribution in [2.24, 2.45) is 5.92 Å². The van der Waals surface area contributed by atoms with Gasteiger partial charge in [0.1, 0.15) is 18.3 Å². The first kappa shape index (κ1) is 18.1. The highest BCUT2D eigenvalue weighted by Crippen LogP contribution is 2.32. The van der Waals surface area contributed by atoms with Crippen LogP contribution in [0.5, 0.6) is 0 Å². The van der Waals surface area contributed by atoms with Crippen LogP contribution in [0.3, 0.4) is 0 Å². The molecule has 0 saturated heterocycles. The minimum atomic E-state index is -4.53. The van der Waals surface area contributed by atoms with Crippen molar-refractivity contribution in [1.82, 2.24) is 24.3 Å². The first-order valence-electron chi connectivity index (χ1n) is 8.40. The molecule has 0 spiro atoms. The van der Waals surface area contributed by atoms with E-state index >= 15 is 0 Å². The maximum atomic E-state index is 14.3. The molecule has 1 unspecified atom stereocenters. The van der Waals surface area contributed by atoms with E-state index in [4.69, 9.17) is 0 Å². The van der Waals surface area contributed by atoms with Gasteiger partial charge < -0.3 is 9.88 Å². The lowest BCUT2D eigenvalue weighted by atomic mass is 9.95. The van der Waals surface area contributed by atoms with Crippen molar-refractivity contribution in [2.45, 2.75) is 25.6 Å². The molecule has 7 nitrogen and oxygen atoms in total. The second-order valence-electron chi connectivity index (χ2n) is 6.41. The molecule has 146 valence electrons. The highest BCUT2D eigenvalue weighted by Gasteiger charge is 2.39. The van der Waals surface area contributed by atoms with E-state index in [0.717, 1.165) is 16.8 Å². The molecule has 0 aliphatic carbocycles. The zero-order chi connectivity index (χ0) is 19.9. The largest absolute Gasteiger partial charge is 0.449 e. The Balaban J connectivity index is 1.46. The number of benzene rings is 1. The number of anilines is 1. The van der Waals surface area contributed by atoms with Crippen LogP contribution in [-0.4, -0.2) is 30.2 Å². The second kappa shape index (κ2) is 6.73. The van der Waals surface area contributed by atoms with Crippen molar-refractivity contribution in [3.05, 3.63) is 54.4 Å². The minimum Gasteiger partial charge on any atom is -0.326 e. The van der Waals surface area contributed by atoms with Crippen LogP contribution in [0.1, 0.15) is 17.9 Å². The summed E-state index contributed by atoms with van der Waals surface area (Å²) in [6.45, 7) is 0.0435. The molecule has 2 aromatic heterocycles. The summed E-state index contributed by atoms with van der Waals surface area (Å²) >= 11 is 0. The van der Waals surface area contributed by atoms with Gasteiger partial charge in [-0.25, -0.2) is 19.0 Å². The van der Waals surface area contributed by atoms with Gasteiger partial charge in [-0.2, -0.15) is 18.3 Å². The number of carbonyl (C=O) groups is 1. The quantitative estimate of drug-likeness (QED) is 0.693. The number of nitrogens with one attached hydrogen (secondary N) is 1. The third-order valence-corrected chi connectivity index (χ3v) is 4.60. The number of alkyl halides is 3. The minimum absolute atomic E-state index is 0.0435. The van der Waals surface area contributed by atoms with Gasteiger partial charge in [0, 0.05) is 36.5 Å². The Hall–Kier alpha value is -3.24. The van der Waals surface area contributed by atoms with Gasteiger partial charge in [-0.05, 0) is 24.6 Å². The molecule has 1 amide bonds. The first-order chi connectivity index (χ1) is 13.3. The maximum Gasteiger partial charge on any atom is 0.449 e. The maximum absolute atomic E-state index is 14.3. The van der Waals surface area contributed by atoms with Crippen LogP contribution in [-0.2, 0) is 23.9 Å².